The molecule has 0 aromatic carbocycles. The van der Waals surface area contributed by atoms with E-state index in [-0.39, 0.29) is 13.0 Å². The predicted molar refractivity (Wildman–Crippen MR) is 144 cm³/mol. The molecule has 0 bridgehead atoms. The van der Waals surface area contributed by atoms with E-state index in [1.54, 1.807) is 6.92 Å². The molecular formula is C32H34O5. The molecule has 0 aromatic heterocycles. The molecule has 0 saturated heterocycles. The molecule has 192 valence electrons. The minimum Gasteiger partial charge on any atom is -0.456 e. The maximum Gasteiger partial charge on any atom is 0.385 e. The van der Waals surface area contributed by atoms with Gasteiger partial charge in [0.2, 0.25) is 0 Å². The van der Waals surface area contributed by atoms with Crippen molar-refractivity contribution in [2.24, 2.45) is 0 Å². The third kappa shape index (κ3) is 24.7. The van der Waals surface area contributed by atoms with E-state index in [1.165, 1.54) is 44.9 Å². The lowest BCUT2D eigenvalue weighted by Crippen LogP contribution is -2.28. The standard InChI is InChI=1S/C32H34O5/c1-3-5-7-9-11-13-15-16-17-19-20-22-24-26-31(34)36-29-30(28-33)37-32(35)27-25-23-21-18-14-12-10-8-6-4-2/h30,33H,4,6,8,10,12,14,18,21,23,25,27-29H2,1-2H3/t30-/m0/s1. The Morgan fingerprint density at radius 2 is 1.14 bits per heavy atom. The van der Waals surface area contributed by atoms with Gasteiger partial charge in [-0.3, -0.25) is 4.79 Å². The van der Waals surface area contributed by atoms with Crippen LogP contribution in [0.4, 0.5) is 0 Å². The van der Waals surface area contributed by atoms with E-state index in [4.69, 9.17) is 9.47 Å². The molecule has 0 fully saturated rings. The molecule has 0 aliphatic rings. The lowest BCUT2D eigenvalue weighted by Gasteiger charge is -2.14. The van der Waals surface area contributed by atoms with Gasteiger partial charge in [-0.25, -0.2) is 4.79 Å². The topological polar surface area (TPSA) is 72.8 Å². The lowest BCUT2D eigenvalue weighted by atomic mass is 10.1. The highest BCUT2D eigenvalue weighted by atomic mass is 16.6. The van der Waals surface area contributed by atoms with Gasteiger partial charge in [-0.1, -0.05) is 70.6 Å². The Morgan fingerprint density at radius 3 is 1.62 bits per heavy atom. The Bertz CT molecular complexity index is 1130. The first kappa shape index (κ1) is 32.8. The average molecular weight is 499 g/mol. The van der Waals surface area contributed by atoms with E-state index in [2.05, 4.69) is 89.8 Å². The van der Waals surface area contributed by atoms with Crippen molar-refractivity contribution in [2.45, 2.75) is 90.6 Å². The summed E-state index contributed by atoms with van der Waals surface area (Å²) in [6, 6.07) is 0. The van der Waals surface area contributed by atoms with Crippen LogP contribution >= 0.6 is 0 Å². The van der Waals surface area contributed by atoms with E-state index >= 15 is 0 Å². The Labute approximate surface area is 222 Å². The highest BCUT2D eigenvalue weighted by molar-refractivity contribution is 5.89. The first-order chi connectivity index (χ1) is 18.1. The number of aliphatic hydroxyl groups excluding tert-OH is 1. The molecule has 0 rings (SSSR count). The number of carbonyl (C=O) groups excluding carboxylic acids is 2. The molecule has 0 radical (unpaired) electrons. The lowest BCUT2D eigenvalue weighted by molar-refractivity contribution is -0.159. The van der Waals surface area contributed by atoms with E-state index in [1.807, 2.05) is 0 Å². The third-order valence-electron chi connectivity index (χ3n) is 4.61. The third-order valence-corrected chi connectivity index (χ3v) is 4.61. The van der Waals surface area contributed by atoms with Crippen LogP contribution in [0.25, 0.3) is 0 Å². The SMILES string of the molecule is CC#CC#CC#CC#CC#CC#CC#CC(=O)OC[C@H](CO)OC(=O)CCCCCCCCCCCC. The van der Waals surface area contributed by atoms with Crippen molar-refractivity contribution in [3.05, 3.63) is 0 Å². The second-order valence-corrected chi connectivity index (χ2v) is 7.70. The highest BCUT2D eigenvalue weighted by Gasteiger charge is 2.15. The molecule has 1 N–H and O–H groups in total. The molecule has 5 heteroatoms. The zero-order valence-corrected chi connectivity index (χ0v) is 21.8. The molecule has 5 nitrogen and oxygen atoms in total. The average Bonchev–Trinajstić information content (AvgIpc) is 2.90. The first-order valence-electron chi connectivity index (χ1n) is 12.5. The van der Waals surface area contributed by atoms with Gasteiger partial charge < -0.3 is 14.6 Å². The molecule has 0 unspecified atom stereocenters. The van der Waals surface area contributed by atoms with Gasteiger partial charge >= 0.3 is 11.9 Å². The summed E-state index contributed by atoms with van der Waals surface area (Å²) in [7, 11) is 0. The first-order valence-corrected chi connectivity index (χ1v) is 12.5. The van der Waals surface area contributed by atoms with Gasteiger partial charge in [0.25, 0.3) is 0 Å². The number of hydrogen-bond donors (Lipinski definition) is 1. The number of hydrogen-bond acceptors (Lipinski definition) is 5. The summed E-state index contributed by atoms with van der Waals surface area (Å²) >= 11 is 0. The number of ether oxygens (including phenoxy) is 2. The molecule has 0 aliphatic heterocycles. The van der Waals surface area contributed by atoms with Gasteiger partial charge in [0.05, 0.1) is 6.61 Å². The van der Waals surface area contributed by atoms with Crippen LogP contribution in [0.15, 0.2) is 0 Å². The number of unbranched alkanes of at least 4 members (excludes halogenated alkanes) is 9. The Balaban J connectivity index is 4.11. The zero-order valence-electron chi connectivity index (χ0n) is 21.8. The van der Waals surface area contributed by atoms with Gasteiger partial charge in [-0.2, -0.15) is 0 Å². The number of carbonyl (C=O) groups is 2. The van der Waals surface area contributed by atoms with Crippen LogP contribution in [0, 0.1) is 82.9 Å². The van der Waals surface area contributed by atoms with Crippen molar-refractivity contribution in [1.29, 1.82) is 0 Å². The van der Waals surface area contributed by atoms with Gasteiger partial charge in [-0.05, 0) is 84.4 Å². The van der Waals surface area contributed by atoms with E-state index < -0.39 is 24.6 Å². The van der Waals surface area contributed by atoms with Crippen LogP contribution in [0.3, 0.4) is 0 Å². The zero-order chi connectivity index (χ0) is 27.2. The van der Waals surface area contributed by atoms with Crippen molar-refractivity contribution in [3.63, 3.8) is 0 Å². The summed E-state index contributed by atoms with van der Waals surface area (Å²) in [5.41, 5.74) is 0. The molecule has 0 aliphatic carbocycles. The second kappa shape index (κ2) is 26.4. The van der Waals surface area contributed by atoms with Gasteiger partial charge in [-0.15, -0.1) is 0 Å². The van der Waals surface area contributed by atoms with Crippen molar-refractivity contribution in [2.75, 3.05) is 13.2 Å². The van der Waals surface area contributed by atoms with Crippen LogP contribution in [0.1, 0.15) is 84.5 Å². The minimum absolute atomic E-state index is 0.274. The highest BCUT2D eigenvalue weighted by Crippen LogP contribution is 2.11. The monoisotopic (exact) mass is 498 g/mol. The summed E-state index contributed by atoms with van der Waals surface area (Å²) in [4.78, 5) is 23.6. The largest absolute Gasteiger partial charge is 0.456 e. The van der Waals surface area contributed by atoms with Crippen molar-refractivity contribution >= 4 is 11.9 Å². The van der Waals surface area contributed by atoms with Gasteiger partial charge in [0.15, 0.2) is 6.10 Å². The quantitative estimate of drug-likeness (QED) is 0.161. The number of esters is 2. The van der Waals surface area contributed by atoms with Gasteiger partial charge in [0, 0.05) is 12.3 Å². The van der Waals surface area contributed by atoms with Crippen molar-refractivity contribution < 1.29 is 24.2 Å². The van der Waals surface area contributed by atoms with E-state index in [0.717, 1.165) is 19.3 Å². The summed E-state index contributed by atoms with van der Waals surface area (Å²) in [6.07, 6.45) is 11.1. The van der Waals surface area contributed by atoms with E-state index in [0.29, 0.717) is 0 Å². The van der Waals surface area contributed by atoms with Crippen LogP contribution in [0.5, 0.6) is 0 Å². The second-order valence-electron chi connectivity index (χ2n) is 7.70. The predicted octanol–water partition coefficient (Wildman–Crippen LogP) is 3.79. The minimum atomic E-state index is -0.925. The smallest absolute Gasteiger partial charge is 0.385 e. The molecule has 0 amide bonds. The molecule has 0 aromatic rings. The molecule has 0 heterocycles. The number of aliphatic hydroxyl groups is 1. The molecule has 1 atom stereocenters. The van der Waals surface area contributed by atoms with Gasteiger partial charge in [0.1, 0.15) is 6.61 Å². The Hall–Kier alpha value is -4.18. The Morgan fingerprint density at radius 1 is 0.676 bits per heavy atom. The molecular weight excluding hydrogens is 464 g/mol. The van der Waals surface area contributed by atoms with Crippen molar-refractivity contribution in [1.82, 2.24) is 0 Å². The van der Waals surface area contributed by atoms with Crippen LogP contribution in [-0.2, 0) is 19.1 Å². The summed E-state index contributed by atoms with van der Waals surface area (Å²) in [5, 5.41) is 9.36. The van der Waals surface area contributed by atoms with Crippen molar-refractivity contribution in [3.8, 4) is 82.9 Å². The normalized spacial score (nSPS) is 8.95. The van der Waals surface area contributed by atoms with Crippen LogP contribution < -0.4 is 0 Å². The fourth-order valence-corrected chi connectivity index (χ4v) is 2.79. The summed E-state index contributed by atoms with van der Waals surface area (Å²) in [5.74, 6) is 33.0. The fraction of sp³-hybridized carbons (Fsp3) is 0.500. The fourth-order valence-electron chi connectivity index (χ4n) is 2.79. The van der Waals surface area contributed by atoms with Crippen LogP contribution in [-0.4, -0.2) is 36.4 Å². The number of rotatable bonds is 15. The van der Waals surface area contributed by atoms with Crippen LogP contribution in [0.2, 0.25) is 0 Å². The van der Waals surface area contributed by atoms with E-state index in [9.17, 15) is 14.7 Å². The molecule has 0 spiro atoms. The summed E-state index contributed by atoms with van der Waals surface area (Å²) in [6.45, 7) is 3.16. The Kier molecular flexibility index (Phi) is 23.4. The maximum absolute atomic E-state index is 11.9. The molecule has 0 saturated carbocycles. The summed E-state index contributed by atoms with van der Waals surface area (Å²) < 4.78 is 10.1. The maximum atomic E-state index is 11.9. The molecule has 37 heavy (non-hydrogen) atoms.